The number of nitrogens with zero attached hydrogens (tertiary/aromatic N) is 2. The minimum absolute atomic E-state index is 0.0762. The molecule has 3 aromatic rings. The predicted molar refractivity (Wildman–Crippen MR) is 131 cm³/mol. The largest absolute Gasteiger partial charge is 0.444 e. The van der Waals surface area contributed by atoms with Crippen molar-refractivity contribution in [2.24, 2.45) is 0 Å². The molecule has 34 heavy (non-hydrogen) atoms. The topological polar surface area (TPSA) is 122 Å². The first kappa shape index (κ1) is 24.6. The molecule has 0 atom stereocenters. The molecule has 0 aliphatic carbocycles. The maximum Gasteiger partial charge on any atom is 0.407 e. The molecule has 0 fully saturated rings. The molecule has 0 bridgehead atoms. The number of benzene rings is 2. The van der Waals surface area contributed by atoms with Crippen LogP contribution in [0.4, 0.5) is 16.2 Å². The molecule has 0 saturated heterocycles. The highest BCUT2D eigenvalue weighted by molar-refractivity contribution is 6.06. The van der Waals surface area contributed by atoms with Crippen LogP contribution in [0, 0.1) is 13.8 Å². The number of hydrogen-bond donors (Lipinski definition) is 3. The average molecular weight is 464 g/mol. The van der Waals surface area contributed by atoms with Gasteiger partial charge in [0.2, 0.25) is 5.91 Å². The normalized spacial score (nSPS) is 11.1. The highest BCUT2D eigenvalue weighted by atomic mass is 16.6. The Morgan fingerprint density at radius 2 is 1.53 bits per heavy atom. The van der Waals surface area contributed by atoms with Gasteiger partial charge in [-0.2, -0.15) is 0 Å². The summed E-state index contributed by atoms with van der Waals surface area (Å²) in [5.41, 5.74) is 3.94. The van der Waals surface area contributed by atoms with Crippen LogP contribution in [-0.2, 0) is 9.53 Å². The van der Waals surface area contributed by atoms with Gasteiger partial charge in [0.1, 0.15) is 5.60 Å². The minimum Gasteiger partial charge on any atom is -0.444 e. The van der Waals surface area contributed by atoms with Crippen LogP contribution in [0.2, 0.25) is 0 Å². The third-order valence-corrected chi connectivity index (χ3v) is 4.76. The zero-order chi connectivity index (χ0) is 24.9. The van der Waals surface area contributed by atoms with E-state index in [1.54, 1.807) is 63.2 Å². The summed E-state index contributed by atoms with van der Waals surface area (Å²) in [6.07, 6.45) is -0.498. The Balaban J connectivity index is 1.57. The standard InChI is InChI=1S/C25H29N5O4/c1-15-16(2)28-21-13-17(9-10-20(21)27-15)23(32)30-19-8-6-7-18(14-19)29-22(31)11-12-26-24(33)34-25(3,4)5/h6-10,13-14H,11-12H2,1-5H3,(H,26,33)(H,29,31)(H,30,32). The maximum atomic E-state index is 12.7. The molecule has 0 saturated carbocycles. The zero-order valence-electron chi connectivity index (χ0n) is 20.0. The van der Waals surface area contributed by atoms with E-state index in [-0.39, 0.29) is 24.8 Å². The van der Waals surface area contributed by atoms with Gasteiger partial charge in [-0.3, -0.25) is 9.59 Å². The number of amides is 3. The second-order valence-electron chi connectivity index (χ2n) is 8.86. The van der Waals surface area contributed by atoms with E-state index in [0.717, 1.165) is 16.9 Å². The Hall–Kier alpha value is -4.01. The molecule has 178 valence electrons. The highest BCUT2D eigenvalue weighted by Crippen LogP contribution is 2.19. The lowest BCUT2D eigenvalue weighted by Gasteiger charge is -2.19. The quantitative estimate of drug-likeness (QED) is 0.499. The first-order valence-corrected chi connectivity index (χ1v) is 10.9. The van der Waals surface area contributed by atoms with E-state index in [2.05, 4.69) is 25.9 Å². The molecular weight excluding hydrogens is 434 g/mol. The van der Waals surface area contributed by atoms with Crippen molar-refractivity contribution < 1.29 is 19.1 Å². The first-order chi connectivity index (χ1) is 16.0. The van der Waals surface area contributed by atoms with Gasteiger partial charge in [0.05, 0.1) is 22.4 Å². The van der Waals surface area contributed by atoms with Gasteiger partial charge >= 0.3 is 6.09 Å². The molecule has 1 aromatic heterocycles. The molecule has 0 unspecified atom stereocenters. The summed E-state index contributed by atoms with van der Waals surface area (Å²) in [5, 5.41) is 8.12. The van der Waals surface area contributed by atoms with Crippen molar-refractivity contribution in [3.63, 3.8) is 0 Å². The monoisotopic (exact) mass is 463 g/mol. The second kappa shape index (κ2) is 10.3. The molecule has 3 rings (SSSR count). The maximum absolute atomic E-state index is 12.7. The molecule has 3 N–H and O–H groups in total. The molecule has 9 heteroatoms. The number of fused-ring (bicyclic) bond motifs is 1. The number of ether oxygens (including phenoxy) is 1. The predicted octanol–water partition coefficient (Wildman–Crippen LogP) is 4.35. The van der Waals surface area contributed by atoms with E-state index in [1.165, 1.54) is 0 Å². The number of carbonyl (C=O) groups is 3. The van der Waals surface area contributed by atoms with Crippen molar-refractivity contribution >= 4 is 40.3 Å². The van der Waals surface area contributed by atoms with Gasteiger partial charge in [-0.1, -0.05) is 6.07 Å². The van der Waals surface area contributed by atoms with Crippen molar-refractivity contribution in [2.75, 3.05) is 17.2 Å². The van der Waals surface area contributed by atoms with Gasteiger partial charge in [0, 0.05) is 29.9 Å². The van der Waals surface area contributed by atoms with Crippen molar-refractivity contribution in [1.29, 1.82) is 0 Å². The SMILES string of the molecule is Cc1nc2ccc(C(=O)Nc3cccc(NC(=O)CCNC(=O)OC(C)(C)C)c3)cc2nc1C. The second-order valence-corrected chi connectivity index (χ2v) is 8.86. The summed E-state index contributed by atoms with van der Waals surface area (Å²) in [6.45, 7) is 9.21. The highest BCUT2D eigenvalue weighted by Gasteiger charge is 2.16. The lowest BCUT2D eigenvalue weighted by molar-refractivity contribution is -0.116. The van der Waals surface area contributed by atoms with Gasteiger partial charge < -0.3 is 20.7 Å². The fraction of sp³-hybridized carbons (Fsp3) is 0.320. The number of anilines is 2. The number of hydrogen-bond acceptors (Lipinski definition) is 6. The molecule has 0 radical (unpaired) electrons. The van der Waals surface area contributed by atoms with E-state index in [4.69, 9.17) is 4.74 Å². The summed E-state index contributed by atoms with van der Waals surface area (Å²) in [6, 6.07) is 12.0. The first-order valence-electron chi connectivity index (χ1n) is 10.9. The fourth-order valence-electron chi connectivity index (χ4n) is 3.07. The van der Waals surface area contributed by atoms with Crippen molar-refractivity contribution in [2.45, 2.75) is 46.6 Å². The Morgan fingerprint density at radius 1 is 0.882 bits per heavy atom. The smallest absolute Gasteiger partial charge is 0.407 e. The third-order valence-electron chi connectivity index (χ3n) is 4.76. The number of carbonyl (C=O) groups excluding carboxylic acids is 3. The molecule has 3 amide bonds. The summed E-state index contributed by atoms with van der Waals surface area (Å²) < 4.78 is 5.13. The van der Waals surface area contributed by atoms with E-state index >= 15 is 0 Å². The van der Waals surface area contributed by atoms with E-state index < -0.39 is 11.7 Å². The molecule has 0 aliphatic rings. The average Bonchev–Trinajstić information content (AvgIpc) is 2.73. The fourth-order valence-corrected chi connectivity index (χ4v) is 3.07. The molecule has 0 aliphatic heterocycles. The lowest BCUT2D eigenvalue weighted by atomic mass is 10.1. The molecule has 2 aromatic carbocycles. The van der Waals surface area contributed by atoms with Crippen LogP contribution in [0.25, 0.3) is 11.0 Å². The Kier molecular flexibility index (Phi) is 7.45. The molecule has 1 heterocycles. The van der Waals surface area contributed by atoms with Gasteiger partial charge in [0.25, 0.3) is 5.91 Å². The van der Waals surface area contributed by atoms with Gasteiger partial charge in [-0.05, 0) is 71.0 Å². The van der Waals surface area contributed by atoms with Gasteiger partial charge in [-0.25, -0.2) is 14.8 Å². The van der Waals surface area contributed by atoms with Gasteiger partial charge in [-0.15, -0.1) is 0 Å². The van der Waals surface area contributed by atoms with Crippen LogP contribution in [0.3, 0.4) is 0 Å². The third kappa shape index (κ3) is 6.99. The minimum atomic E-state index is -0.602. The number of alkyl carbamates (subject to hydrolysis) is 1. The summed E-state index contributed by atoms with van der Waals surface area (Å²) in [4.78, 5) is 45.6. The number of aryl methyl sites for hydroxylation is 2. The summed E-state index contributed by atoms with van der Waals surface area (Å²) in [5.74, 6) is -0.578. The van der Waals surface area contributed by atoms with Crippen LogP contribution in [0.5, 0.6) is 0 Å². The van der Waals surface area contributed by atoms with Crippen LogP contribution in [0.15, 0.2) is 42.5 Å². The Bertz CT molecular complexity index is 1230. The van der Waals surface area contributed by atoms with E-state index in [0.29, 0.717) is 22.5 Å². The Labute approximate surface area is 198 Å². The van der Waals surface area contributed by atoms with E-state index in [1.807, 2.05) is 13.8 Å². The molecular formula is C25H29N5O4. The number of rotatable bonds is 6. The summed E-state index contributed by atoms with van der Waals surface area (Å²) >= 11 is 0. The van der Waals surface area contributed by atoms with Crippen LogP contribution >= 0.6 is 0 Å². The summed E-state index contributed by atoms with van der Waals surface area (Å²) in [7, 11) is 0. The number of aromatic nitrogens is 2. The number of nitrogens with one attached hydrogen (secondary N) is 3. The van der Waals surface area contributed by atoms with Gasteiger partial charge in [0.15, 0.2) is 0 Å². The molecule has 9 nitrogen and oxygen atoms in total. The van der Waals surface area contributed by atoms with Crippen molar-refractivity contribution in [3.05, 3.63) is 59.4 Å². The molecule has 0 spiro atoms. The Morgan fingerprint density at radius 3 is 2.21 bits per heavy atom. The lowest BCUT2D eigenvalue weighted by Crippen LogP contribution is -2.34. The van der Waals surface area contributed by atoms with Crippen molar-refractivity contribution in [3.8, 4) is 0 Å². The van der Waals surface area contributed by atoms with Crippen molar-refractivity contribution in [1.82, 2.24) is 15.3 Å². The van der Waals surface area contributed by atoms with Crippen LogP contribution < -0.4 is 16.0 Å². The van der Waals surface area contributed by atoms with E-state index in [9.17, 15) is 14.4 Å². The van der Waals surface area contributed by atoms with Crippen LogP contribution in [-0.4, -0.2) is 40.0 Å². The van der Waals surface area contributed by atoms with Crippen LogP contribution in [0.1, 0.15) is 48.9 Å². The zero-order valence-corrected chi connectivity index (χ0v) is 20.0.